The minimum atomic E-state index is 0.469. The number of rotatable bonds is 6. The molecule has 0 bridgehead atoms. The first-order valence-electron chi connectivity index (χ1n) is 7.47. The highest BCUT2D eigenvalue weighted by atomic mass is 16.5. The molecular weight excluding hydrogens is 252 g/mol. The third-order valence-corrected chi connectivity index (χ3v) is 3.72. The molecule has 1 N–H and O–H groups in total. The molecule has 0 radical (unpaired) electrons. The summed E-state index contributed by atoms with van der Waals surface area (Å²) in [5.41, 5.74) is 0.997. The number of aromatic nitrogens is 2. The van der Waals surface area contributed by atoms with Gasteiger partial charge in [-0.1, -0.05) is 13.8 Å². The van der Waals surface area contributed by atoms with E-state index in [1.165, 1.54) is 12.8 Å². The van der Waals surface area contributed by atoms with Gasteiger partial charge < -0.3 is 15.0 Å². The fourth-order valence-corrected chi connectivity index (χ4v) is 2.48. The Morgan fingerprint density at radius 1 is 1.30 bits per heavy atom. The van der Waals surface area contributed by atoms with Crippen LogP contribution < -0.4 is 10.2 Å². The predicted molar refractivity (Wildman–Crippen MR) is 80.8 cm³/mol. The molecule has 2 heterocycles. The fraction of sp³-hybridized carbons (Fsp3) is 0.733. The number of methoxy groups -OCH3 is 1. The minimum absolute atomic E-state index is 0.469. The van der Waals surface area contributed by atoms with Crippen LogP contribution in [0.15, 0.2) is 12.4 Å². The van der Waals surface area contributed by atoms with Gasteiger partial charge in [-0.15, -0.1) is 0 Å². The summed E-state index contributed by atoms with van der Waals surface area (Å²) in [6.07, 6.45) is 6.12. The lowest BCUT2D eigenvalue weighted by atomic mass is 9.98. The number of hydrogen-bond acceptors (Lipinski definition) is 5. The van der Waals surface area contributed by atoms with Crippen molar-refractivity contribution in [1.29, 1.82) is 0 Å². The van der Waals surface area contributed by atoms with Gasteiger partial charge >= 0.3 is 0 Å². The monoisotopic (exact) mass is 278 g/mol. The molecule has 112 valence electrons. The summed E-state index contributed by atoms with van der Waals surface area (Å²) >= 11 is 0. The Balaban J connectivity index is 1.84. The van der Waals surface area contributed by atoms with Crippen LogP contribution in [-0.4, -0.2) is 42.8 Å². The number of anilines is 1. The Morgan fingerprint density at radius 3 is 2.60 bits per heavy atom. The van der Waals surface area contributed by atoms with Crippen LogP contribution >= 0.6 is 0 Å². The van der Waals surface area contributed by atoms with Crippen molar-refractivity contribution in [3.8, 4) is 0 Å². The summed E-state index contributed by atoms with van der Waals surface area (Å²) in [6.45, 7) is 8.01. The predicted octanol–water partition coefficient (Wildman–Crippen LogP) is 1.84. The molecule has 0 saturated carbocycles. The molecule has 0 aliphatic carbocycles. The molecule has 0 unspecified atom stereocenters. The summed E-state index contributed by atoms with van der Waals surface area (Å²) < 4.78 is 5.23. The normalized spacial score (nSPS) is 16.9. The van der Waals surface area contributed by atoms with Gasteiger partial charge in [0.1, 0.15) is 5.82 Å². The van der Waals surface area contributed by atoms with E-state index < -0.39 is 0 Å². The van der Waals surface area contributed by atoms with Crippen molar-refractivity contribution >= 4 is 5.82 Å². The van der Waals surface area contributed by atoms with Gasteiger partial charge in [0.15, 0.2) is 0 Å². The van der Waals surface area contributed by atoms with Crippen LogP contribution in [0, 0.1) is 5.92 Å². The maximum Gasteiger partial charge on any atom is 0.147 e. The number of nitrogens with one attached hydrogen (secondary N) is 1. The molecule has 1 aliphatic heterocycles. The van der Waals surface area contributed by atoms with E-state index in [9.17, 15) is 0 Å². The molecule has 0 amide bonds. The van der Waals surface area contributed by atoms with Gasteiger partial charge in [0.05, 0.1) is 18.1 Å². The molecule has 20 heavy (non-hydrogen) atoms. The highest BCUT2D eigenvalue weighted by Gasteiger charge is 2.20. The van der Waals surface area contributed by atoms with E-state index in [2.05, 4.69) is 34.0 Å². The Labute approximate surface area is 121 Å². The zero-order valence-electron chi connectivity index (χ0n) is 12.8. The highest BCUT2D eigenvalue weighted by Crippen LogP contribution is 2.21. The van der Waals surface area contributed by atoms with Crippen molar-refractivity contribution in [2.24, 2.45) is 5.92 Å². The van der Waals surface area contributed by atoms with Crippen LogP contribution in [0.25, 0.3) is 0 Å². The lowest BCUT2D eigenvalue weighted by Gasteiger charge is -2.32. The maximum absolute atomic E-state index is 5.23. The summed E-state index contributed by atoms with van der Waals surface area (Å²) in [7, 11) is 1.78. The Kier molecular flexibility index (Phi) is 5.73. The zero-order chi connectivity index (χ0) is 14.4. The van der Waals surface area contributed by atoms with E-state index in [1.807, 2.05) is 12.4 Å². The van der Waals surface area contributed by atoms with Crippen LogP contribution in [0.4, 0.5) is 5.82 Å². The van der Waals surface area contributed by atoms with Crippen LogP contribution in [0.2, 0.25) is 0 Å². The van der Waals surface area contributed by atoms with Gasteiger partial charge in [-0.25, -0.2) is 4.98 Å². The summed E-state index contributed by atoms with van der Waals surface area (Å²) in [5.74, 6) is 1.69. The van der Waals surface area contributed by atoms with E-state index in [0.717, 1.165) is 37.8 Å². The van der Waals surface area contributed by atoms with Crippen molar-refractivity contribution in [3.05, 3.63) is 18.1 Å². The van der Waals surface area contributed by atoms with Gasteiger partial charge in [0, 0.05) is 39.4 Å². The van der Waals surface area contributed by atoms with Gasteiger partial charge in [-0.2, -0.15) is 0 Å². The van der Waals surface area contributed by atoms with Crippen molar-refractivity contribution in [3.63, 3.8) is 0 Å². The third-order valence-electron chi connectivity index (χ3n) is 3.72. The van der Waals surface area contributed by atoms with Crippen molar-refractivity contribution in [1.82, 2.24) is 15.3 Å². The van der Waals surface area contributed by atoms with E-state index in [0.29, 0.717) is 12.0 Å². The second-order valence-corrected chi connectivity index (χ2v) is 5.79. The Morgan fingerprint density at radius 2 is 2.05 bits per heavy atom. The summed E-state index contributed by atoms with van der Waals surface area (Å²) in [6, 6.07) is 0.469. The average Bonchev–Trinajstić information content (AvgIpc) is 2.47. The summed E-state index contributed by atoms with van der Waals surface area (Å²) in [5, 5.41) is 3.35. The van der Waals surface area contributed by atoms with Gasteiger partial charge in [-0.3, -0.25) is 4.98 Å². The molecule has 5 heteroatoms. The van der Waals surface area contributed by atoms with E-state index in [4.69, 9.17) is 4.74 Å². The lowest BCUT2D eigenvalue weighted by Crippen LogP contribution is -2.35. The largest absolute Gasteiger partial charge is 0.384 e. The molecule has 1 saturated heterocycles. The average molecular weight is 278 g/mol. The van der Waals surface area contributed by atoms with Gasteiger partial charge in [-0.05, 0) is 18.8 Å². The van der Waals surface area contributed by atoms with Crippen molar-refractivity contribution < 1.29 is 4.74 Å². The number of hydrogen-bond donors (Lipinski definition) is 1. The molecule has 0 aromatic carbocycles. The number of nitrogens with zero attached hydrogens (tertiary/aromatic N) is 3. The molecule has 0 atom stereocenters. The minimum Gasteiger partial charge on any atom is -0.384 e. The Bertz CT molecular complexity index is 385. The number of ether oxygens (including phenoxy) is 1. The lowest BCUT2D eigenvalue weighted by molar-refractivity contribution is 0.139. The fourth-order valence-electron chi connectivity index (χ4n) is 2.48. The topological polar surface area (TPSA) is 50.3 Å². The van der Waals surface area contributed by atoms with E-state index >= 15 is 0 Å². The zero-order valence-corrected chi connectivity index (χ0v) is 12.8. The van der Waals surface area contributed by atoms with Crippen LogP contribution in [0.5, 0.6) is 0 Å². The highest BCUT2D eigenvalue weighted by molar-refractivity contribution is 5.36. The van der Waals surface area contributed by atoms with Crippen molar-refractivity contribution in [2.75, 3.05) is 31.7 Å². The second kappa shape index (κ2) is 7.55. The first kappa shape index (κ1) is 15.2. The van der Waals surface area contributed by atoms with Crippen LogP contribution in [-0.2, 0) is 11.3 Å². The molecule has 1 fully saturated rings. The number of piperidine rings is 1. The van der Waals surface area contributed by atoms with E-state index in [-0.39, 0.29) is 0 Å². The molecule has 5 nitrogen and oxygen atoms in total. The van der Waals surface area contributed by atoms with Gasteiger partial charge in [0.25, 0.3) is 0 Å². The molecule has 0 spiro atoms. The van der Waals surface area contributed by atoms with Crippen molar-refractivity contribution in [2.45, 2.75) is 39.3 Å². The smallest absolute Gasteiger partial charge is 0.147 e. The van der Waals surface area contributed by atoms with E-state index in [1.54, 1.807) is 7.11 Å². The Hall–Kier alpha value is -1.20. The molecule has 1 aromatic rings. The maximum atomic E-state index is 5.23. The summed E-state index contributed by atoms with van der Waals surface area (Å²) in [4.78, 5) is 11.4. The SMILES string of the molecule is COCC1CCN(c2cnc(CNC(C)C)cn2)CC1. The molecular formula is C15H26N4O. The quantitative estimate of drug-likeness (QED) is 0.860. The second-order valence-electron chi connectivity index (χ2n) is 5.79. The first-order chi connectivity index (χ1) is 9.69. The van der Waals surface area contributed by atoms with Crippen LogP contribution in [0.3, 0.4) is 0 Å². The molecule has 1 aromatic heterocycles. The standard InChI is InChI=1S/C15H26N4O/c1-12(2)16-8-14-9-18-15(10-17-14)19-6-4-13(5-7-19)11-20-3/h9-10,12-13,16H,4-8,11H2,1-3H3. The van der Waals surface area contributed by atoms with Gasteiger partial charge in [0.2, 0.25) is 0 Å². The third kappa shape index (κ3) is 4.42. The first-order valence-corrected chi connectivity index (χ1v) is 7.47. The molecule has 1 aliphatic rings. The van der Waals surface area contributed by atoms with Crippen LogP contribution in [0.1, 0.15) is 32.4 Å². The molecule has 2 rings (SSSR count).